The Morgan fingerprint density at radius 3 is 2.81 bits per heavy atom. The van der Waals surface area contributed by atoms with Crippen LogP contribution in [0.2, 0.25) is 5.02 Å². The molecule has 0 atom stereocenters. The fourth-order valence-electron chi connectivity index (χ4n) is 4.43. The van der Waals surface area contributed by atoms with E-state index in [0.29, 0.717) is 23.7 Å². The molecular formula is C27H31ClN4O3S. The first kappa shape index (κ1) is 26.1. The van der Waals surface area contributed by atoms with E-state index in [-0.39, 0.29) is 18.9 Å². The van der Waals surface area contributed by atoms with Crippen LogP contribution in [-0.2, 0) is 23.2 Å². The van der Waals surface area contributed by atoms with Crippen LogP contribution >= 0.6 is 11.6 Å². The van der Waals surface area contributed by atoms with Gasteiger partial charge in [-0.3, -0.25) is 4.98 Å². The van der Waals surface area contributed by atoms with E-state index in [9.17, 15) is 8.42 Å². The van der Waals surface area contributed by atoms with Gasteiger partial charge in [-0.15, -0.1) is 0 Å². The number of aryl methyl sites for hydroxylation is 1. The van der Waals surface area contributed by atoms with E-state index in [1.165, 1.54) is 4.31 Å². The molecular weight excluding hydrogens is 496 g/mol. The van der Waals surface area contributed by atoms with Crippen molar-refractivity contribution in [2.75, 3.05) is 26.4 Å². The van der Waals surface area contributed by atoms with E-state index in [1.54, 1.807) is 18.5 Å². The lowest BCUT2D eigenvalue weighted by molar-refractivity contribution is 0.305. The van der Waals surface area contributed by atoms with Crippen molar-refractivity contribution in [3.63, 3.8) is 0 Å². The van der Waals surface area contributed by atoms with Gasteiger partial charge in [0, 0.05) is 67.5 Å². The zero-order valence-corrected chi connectivity index (χ0v) is 22.4. The van der Waals surface area contributed by atoms with Crippen molar-refractivity contribution in [3.8, 4) is 5.75 Å². The fraction of sp³-hybridized carbons (Fsp3) is 0.333. The fourth-order valence-corrected chi connectivity index (χ4v) is 6.23. The van der Waals surface area contributed by atoms with Crippen LogP contribution in [0.4, 0.5) is 0 Å². The standard InChI is InChI=1S/C27H31ClN4O3S/c1-5-9-25(31(3)4)22-14-19(2)30-27-21(22)10-8-11-26(27)35-18-23-20(15-29-16-24(23)28)17-32-12-6-7-13-36(32,33)34/h5,8-11,14-16H,1,6-7,12-13,17-18H2,2-4H3/b25-9-. The highest BCUT2D eigenvalue weighted by molar-refractivity contribution is 7.89. The summed E-state index contributed by atoms with van der Waals surface area (Å²) in [6.45, 7) is 6.70. The van der Waals surface area contributed by atoms with E-state index < -0.39 is 10.0 Å². The third-order valence-corrected chi connectivity index (χ3v) is 8.46. The number of hydrogen-bond acceptors (Lipinski definition) is 6. The van der Waals surface area contributed by atoms with Crippen LogP contribution in [0.1, 0.15) is 35.2 Å². The first-order valence-corrected chi connectivity index (χ1v) is 13.8. The van der Waals surface area contributed by atoms with Crippen molar-refractivity contribution in [2.45, 2.75) is 32.9 Å². The first-order chi connectivity index (χ1) is 17.2. The van der Waals surface area contributed by atoms with Gasteiger partial charge in [-0.2, -0.15) is 4.31 Å². The molecule has 0 amide bonds. The molecule has 3 heterocycles. The van der Waals surface area contributed by atoms with Crippen molar-refractivity contribution in [2.24, 2.45) is 0 Å². The zero-order valence-electron chi connectivity index (χ0n) is 20.9. The number of pyridine rings is 2. The molecule has 1 aromatic carbocycles. The summed E-state index contributed by atoms with van der Waals surface area (Å²) < 4.78 is 32.9. The molecule has 0 bridgehead atoms. The average molecular weight is 527 g/mol. The van der Waals surface area contributed by atoms with E-state index in [1.807, 2.05) is 50.2 Å². The molecule has 0 N–H and O–H groups in total. The van der Waals surface area contributed by atoms with Crippen LogP contribution in [-0.4, -0.2) is 54.0 Å². The SMILES string of the molecule is C=C/C=C(/c1cc(C)nc2c(OCc3c(Cl)cncc3CN3CCCCS3(=O)=O)cccc12)N(C)C. The second kappa shape index (κ2) is 11.0. The number of benzene rings is 1. The molecule has 0 unspecified atom stereocenters. The van der Waals surface area contributed by atoms with Crippen LogP contribution < -0.4 is 4.74 Å². The third kappa shape index (κ3) is 5.56. The van der Waals surface area contributed by atoms with Gasteiger partial charge in [-0.1, -0.05) is 36.4 Å². The maximum atomic E-state index is 12.5. The van der Waals surface area contributed by atoms with Gasteiger partial charge >= 0.3 is 0 Å². The topological polar surface area (TPSA) is 75.6 Å². The van der Waals surface area contributed by atoms with Crippen molar-refractivity contribution in [3.05, 3.63) is 82.8 Å². The Labute approximate surface area is 218 Å². The van der Waals surface area contributed by atoms with Gasteiger partial charge in [-0.05, 0) is 43.5 Å². The Morgan fingerprint density at radius 1 is 1.28 bits per heavy atom. The molecule has 0 aliphatic carbocycles. The van der Waals surface area contributed by atoms with Crippen molar-refractivity contribution < 1.29 is 13.2 Å². The van der Waals surface area contributed by atoms with Gasteiger partial charge in [0.1, 0.15) is 17.9 Å². The van der Waals surface area contributed by atoms with Crippen LogP contribution in [0.15, 0.2) is 55.4 Å². The van der Waals surface area contributed by atoms with Gasteiger partial charge in [0.25, 0.3) is 0 Å². The number of nitrogens with zero attached hydrogens (tertiary/aromatic N) is 4. The number of sulfonamides is 1. The highest BCUT2D eigenvalue weighted by atomic mass is 35.5. The molecule has 36 heavy (non-hydrogen) atoms. The maximum Gasteiger partial charge on any atom is 0.214 e. The number of hydrogen-bond donors (Lipinski definition) is 0. The Kier molecular flexibility index (Phi) is 7.97. The highest BCUT2D eigenvalue weighted by Crippen LogP contribution is 2.33. The van der Waals surface area contributed by atoms with Crippen LogP contribution in [0.5, 0.6) is 5.75 Å². The Balaban J connectivity index is 1.69. The summed E-state index contributed by atoms with van der Waals surface area (Å²) in [5.41, 5.74) is 5.11. The van der Waals surface area contributed by atoms with Gasteiger partial charge < -0.3 is 9.64 Å². The summed E-state index contributed by atoms with van der Waals surface area (Å²) in [5, 5.41) is 1.40. The minimum Gasteiger partial charge on any atom is -0.487 e. The van der Waals surface area contributed by atoms with Gasteiger partial charge in [0.15, 0.2) is 0 Å². The molecule has 7 nitrogen and oxygen atoms in total. The average Bonchev–Trinajstić information content (AvgIpc) is 2.83. The number of fused-ring (bicyclic) bond motifs is 1. The molecule has 3 aromatic rings. The molecule has 4 rings (SSSR count). The molecule has 0 radical (unpaired) electrons. The highest BCUT2D eigenvalue weighted by Gasteiger charge is 2.27. The van der Waals surface area contributed by atoms with Crippen molar-refractivity contribution in [1.82, 2.24) is 19.2 Å². The quantitative estimate of drug-likeness (QED) is 0.376. The molecule has 0 spiro atoms. The molecule has 1 saturated heterocycles. The summed E-state index contributed by atoms with van der Waals surface area (Å²) in [6.07, 6.45) is 8.50. The summed E-state index contributed by atoms with van der Waals surface area (Å²) in [5.74, 6) is 0.796. The van der Waals surface area contributed by atoms with E-state index >= 15 is 0 Å². The van der Waals surface area contributed by atoms with E-state index in [2.05, 4.69) is 17.6 Å². The summed E-state index contributed by atoms with van der Waals surface area (Å²) >= 11 is 6.52. The monoisotopic (exact) mass is 526 g/mol. The van der Waals surface area contributed by atoms with Gasteiger partial charge in [0.2, 0.25) is 10.0 Å². The largest absolute Gasteiger partial charge is 0.487 e. The predicted octanol–water partition coefficient (Wildman–Crippen LogP) is 5.18. The first-order valence-electron chi connectivity index (χ1n) is 11.8. The van der Waals surface area contributed by atoms with Gasteiger partial charge in [0.05, 0.1) is 10.8 Å². The minimum atomic E-state index is -3.28. The number of ether oxygens (including phenoxy) is 1. The smallest absolute Gasteiger partial charge is 0.214 e. The van der Waals surface area contributed by atoms with Crippen molar-refractivity contribution in [1.29, 1.82) is 0 Å². The summed E-state index contributed by atoms with van der Waals surface area (Å²) in [4.78, 5) is 11.0. The van der Waals surface area contributed by atoms with Crippen LogP contribution in [0.25, 0.3) is 16.6 Å². The Morgan fingerprint density at radius 2 is 2.08 bits per heavy atom. The molecule has 2 aromatic heterocycles. The van der Waals surface area contributed by atoms with E-state index in [0.717, 1.165) is 45.4 Å². The molecule has 9 heteroatoms. The maximum absolute atomic E-state index is 12.5. The number of halogens is 1. The summed E-state index contributed by atoms with van der Waals surface area (Å²) in [6, 6.07) is 7.90. The number of para-hydroxylation sites is 1. The van der Waals surface area contributed by atoms with Crippen LogP contribution in [0.3, 0.4) is 0 Å². The Hall–Kier alpha value is -2.94. The minimum absolute atomic E-state index is 0.164. The predicted molar refractivity (Wildman–Crippen MR) is 145 cm³/mol. The lowest BCUT2D eigenvalue weighted by Gasteiger charge is -2.27. The normalized spacial score (nSPS) is 16.2. The molecule has 1 fully saturated rings. The molecule has 190 valence electrons. The summed E-state index contributed by atoms with van der Waals surface area (Å²) in [7, 11) is 0.704. The lowest BCUT2D eigenvalue weighted by atomic mass is 10.0. The second-order valence-electron chi connectivity index (χ2n) is 9.05. The molecule has 1 aliphatic heterocycles. The van der Waals surface area contributed by atoms with E-state index in [4.69, 9.17) is 21.3 Å². The number of rotatable bonds is 8. The second-order valence-corrected chi connectivity index (χ2v) is 11.5. The van der Waals surface area contributed by atoms with Crippen LogP contribution in [0, 0.1) is 6.92 Å². The van der Waals surface area contributed by atoms with Crippen molar-refractivity contribution >= 4 is 38.2 Å². The molecule has 0 saturated carbocycles. The molecule has 1 aliphatic rings. The Bertz CT molecular complexity index is 1420. The third-order valence-electron chi connectivity index (χ3n) is 6.23. The zero-order chi connectivity index (χ0) is 25.9. The van der Waals surface area contributed by atoms with Gasteiger partial charge in [-0.25, -0.2) is 13.4 Å². The lowest BCUT2D eigenvalue weighted by Crippen LogP contribution is -2.37. The number of allylic oxidation sites excluding steroid dienone is 2. The number of aromatic nitrogens is 2.